The molecule has 0 spiro atoms. The fourth-order valence-corrected chi connectivity index (χ4v) is 3.97. The van der Waals surface area contributed by atoms with Crippen LogP contribution in [0.1, 0.15) is 104 Å². The maximum absolute atomic E-state index is 12.6. The van der Waals surface area contributed by atoms with Gasteiger partial charge in [-0.25, -0.2) is 0 Å². The van der Waals surface area contributed by atoms with Crippen LogP contribution in [0.2, 0.25) is 0 Å². The molecule has 3 unspecified atom stereocenters. The van der Waals surface area contributed by atoms with Gasteiger partial charge in [0.1, 0.15) is 6.10 Å². The van der Waals surface area contributed by atoms with Crippen molar-refractivity contribution in [3.63, 3.8) is 0 Å². The summed E-state index contributed by atoms with van der Waals surface area (Å²) in [4.78, 5) is 23.8. The lowest BCUT2D eigenvalue weighted by atomic mass is 9.81. The third-order valence-electron chi connectivity index (χ3n) is 5.50. The summed E-state index contributed by atoms with van der Waals surface area (Å²) in [6.45, 7) is 6.55. The van der Waals surface area contributed by atoms with Gasteiger partial charge in [-0.05, 0) is 44.4 Å². The summed E-state index contributed by atoms with van der Waals surface area (Å²) in [7, 11) is 0. The number of rotatable bonds is 13. The van der Waals surface area contributed by atoms with E-state index in [1.54, 1.807) is 0 Å². The van der Waals surface area contributed by atoms with Crippen LogP contribution in [0.5, 0.6) is 0 Å². The van der Waals surface area contributed by atoms with Gasteiger partial charge in [-0.3, -0.25) is 9.59 Å². The lowest BCUT2D eigenvalue weighted by molar-refractivity contribution is -0.158. The minimum absolute atomic E-state index is 0.0108. The van der Waals surface area contributed by atoms with Gasteiger partial charge in [-0.1, -0.05) is 65.7 Å². The Kier molecular flexibility index (Phi) is 11.6. The molecule has 1 aliphatic rings. The predicted octanol–water partition coefficient (Wildman–Crippen LogP) is 5.98. The van der Waals surface area contributed by atoms with Crippen molar-refractivity contribution in [2.24, 2.45) is 17.8 Å². The van der Waals surface area contributed by atoms with Crippen molar-refractivity contribution in [1.29, 1.82) is 0 Å². The summed E-state index contributed by atoms with van der Waals surface area (Å²) >= 11 is 0. The van der Waals surface area contributed by atoms with Crippen molar-refractivity contribution >= 4 is 11.9 Å². The van der Waals surface area contributed by atoms with Gasteiger partial charge in [0.2, 0.25) is 0 Å². The molecular weight excluding hydrogens is 328 g/mol. The number of esters is 1. The number of carbonyl (C=O) groups excluding carboxylic acids is 1. The van der Waals surface area contributed by atoms with E-state index in [9.17, 15) is 14.7 Å². The molecule has 0 aromatic rings. The van der Waals surface area contributed by atoms with Crippen LogP contribution in [0.25, 0.3) is 0 Å². The Balaban J connectivity index is 2.37. The first-order valence-corrected chi connectivity index (χ1v) is 10.9. The van der Waals surface area contributed by atoms with Crippen LogP contribution in [0.15, 0.2) is 0 Å². The number of carboxylic acid groups (broad SMARTS) is 1. The highest BCUT2D eigenvalue weighted by Gasteiger charge is 2.33. The average molecular weight is 369 g/mol. The van der Waals surface area contributed by atoms with Crippen molar-refractivity contribution in [3.8, 4) is 0 Å². The Morgan fingerprint density at radius 3 is 2.23 bits per heavy atom. The summed E-state index contributed by atoms with van der Waals surface area (Å²) in [6.07, 6.45) is 13.4. The minimum Gasteiger partial charge on any atom is -0.481 e. The van der Waals surface area contributed by atoms with Crippen LogP contribution in [-0.2, 0) is 14.3 Å². The molecule has 0 radical (unpaired) electrons. The molecule has 0 aromatic heterocycles. The zero-order chi connectivity index (χ0) is 19.4. The molecule has 0 amide bonds. The molecule has 4 nitrogen and oxygen atoms in total. The van der Waals surface area contributed by atoms with Crippen molar-refractivity contribution < 1.29 is 19.4 Å². The maximum atomic E-state index is 12.6. The number of ether oxygens (including phenoxy) is 1. The van der Waals surface area contributed by atoms with Crippen molar-refractivity contribution in [1.82, 2.24) is 0 Å². The van der Waals surface area contributed by atoms with Crippen LogP contribution >= 0.6 is 0 Å². The molecule has 1 fully saturated rings. The van der Waals surface area contributed by atoms with Crippen LogP contribution in [0.4, 0.5) is 0 Å². The second-order valence-electron chi connectivity index (χ2n) is 8.50. The molecule has 0 aromatic carbocycles. The summed E-state index contributed by atoms with van der Waals surface area (Å²) in [6, 6.07) is 0. The van der Waals surface area contributed by atoms with E-state index < -0.39 is 5.97 Å². The van der Waals surface area contributed by atoms with Crippen molar-refractivity contribution in [2.75, 3.05) is 0 Å². The zero-order valence-electron chi connectivity index (χ0n) is 17.2. The number of aliphatic carboxylic acids is 1. The van der Waals surface area contributed by atoms with Crippen molar-refractivity contribution in [3.05, 3.63) is 0 Å². The lowest BCUT2D eigenvalue weighted by Gasteiger charge is -2.28. The van der Waals surface area contributed by atoms with E-state index in [4.69, 9.17) is 4.74 Å². The predicted molar refractivity (Wildman–Crippen MR) is 105 cm³/mol. The molecule has 3 atom stereocenters. The van der Waals surface area contributed by atoms with E-state index in [0.717, 1.165) is 32.1 Å². The average Bonchev–Trinajstić information content (AvgIpc) is 2.60. The fraction of sp³-hybridized carbons (Fsp3) is 0.909. The van der Waals surface area contributed by atoms with Gasteiger partial charge >= 0.3 is 11.9 Å². The molecule has 4 heteroatoms. The van der Waals surface area contributed by atoms with E-state index in [0.29, 0.717) is 18.8 Å². The zero-order valence-corrected chi connectivity index (χ0v) is 17.2. The van der Waals surface area contributed by atoms with Gasteiger partial charge in [0, 0.05) is 0 Å². The normalized spacial score (nSPS) is 21.5. The molecule has 1 rings (SSSR count). The van der Waals surface area contributed by atoms with E-state index >= 15 is 0 Å². The Bertz CT molecular complexity index is 405. The molecule has 0 saturated heterocycles. The smallest absolute Gasteiger partial charge is 0.309 e. The number of carbonyl (C=O) groups is 2. The lowest BCUT2D eigenvalue weighted by Crippen LogP contribution is -2.31. The van der Waals surface area contributed by atoms with E-state index in [1.165, 1.54) is 38.5 Å². The molecule has 1 N–H and O–H groups in total. The molecule has 152 valence electrons. The second-order valence-corrected chi connectivity index (χ2v) is 8.50. The molecule has 0 aliphatic heterocycles. The van der Waals surface area contributed by atoms with Crippen LogP contribution < -0.4 is 0 Å². The Hall–Kier alpha value is -1.06. The largest absolute Gasteiger partial charge is 0.481 e. The fourth-order valence-electron chi connectivity index (χ4n) is 3.97. The molecule has 0 heterocycles. The molecule has 1 aliphatic carbocycles. The molecule has 26 heavy (non-hydrogen) atoms. The highest BCUT2D eigenvalue weighted by Crippen LogP contribution is 2.31. The van der Waals surface area contributed by atoms with E-state index in [2.05, 4.69) is 20.8 Å². The third-order valence-corrected chi connectivity index (χ3v) is 5.50. The summed E-state index contributed by atoms with van der Waals surface area (Å²) in [5, 5.41) is 9.21. The van der Waals surface area contributed by atoms with Gasteiger partial charge < -0.3 is 9.84 Å². The highest BCUT2D eigenvalue weighted by molar-refractivity contribution is 5.75. The van der Waals surface area contributed by atoms with Gasteiger partial charge in [0.25, 0.3) is 0 Å². The van der Waals surface area contributed by atoms with E-state index in [-0.39, 0.29) is 23.9 Å². The Morgan fingerprint density at radius 1 is 1.00 bits per heavy atom. The van der Waals surface area contributed by atoms with Crippen LogP contribution in [-0.4, -0.2) is 23.1 Å². The SMILES string of the molecule is CCCCCCCCCC(CC(C)C)OC(=O)C1CCCC(C(=O)O)C1. The van der Waals surface area contributed by atoms with Crippen molar-refractivity contribution in [2.45, 2.75) is 110 Å². The summed E-state index contributed by atoms with van der Waals surface area (Å²) < 4.78 is 5.84. The van der Waals surface area contributed by atoms with Gasteiger partial charge in [0.15, 0.2) is 0 Å². The first kappa shape index (κ1) is 23.0. The van der Waals surface area contributed by atoms with E-state index in [1.807, 2.05) is 0 Å². The number of hydrogen-bond donors (Lipinski definition) is 1. The maximum Gasteiger partial charge on any atom is 0.309 e. The Labute approximate surface area is 160 Å². The summed E-state index contributed by atoms with van der Waals surface area (Å²) in [5.74, 6) is -1.05. The second kappa shape index (κ2) is 13.2. The summed E-state index contributed by atoms with van der Waals surface area (Å²) in [5.41, 5.74) is 0. The molecular formula is C22H40O4. The standard InChI is InChI=1S/C22H40O4/c1-4-5-6-7-8-9-10-14-20(15-17(2)3)26-22(25)19-13-11-12-18(16-19)21(23)24/h17-20H,4-16H2,1-3H3,(H,23,24). The topological polar surface area (TPSA) is 63.6 Å². The highest BCUT2D eigenvalue weighted by atomic mass is 16.5. The number of carboxylic acids is 1. The third kappa shape index (κ3) is 9.59. The minimum atomic E-state index is -0.774. The van der Waals surface area contributed by atoms with Crippen LogP contribution in [0, 0.1) is 17.8 Å². The first-order chi connectivity index (χ1) is 12.4. The number of unbranched alkanes of at least 4 members (excludes halogenated alkanes) is 6. The van der Waals surface area contributed by atoms with Gasteiger partial charge in [-0.2, -0.15) is 0 Å². The van der Waals surface area contributed by atoms with Gasteiger partial charge in [0.05, 0.1) is 11.8 Å². The molecule has 1 saturated carbocycles. The monoisotopic (exact) mass is 368 g/mol. The van der Waals surface area contributed by atoms with Crippen LogP contribution in [0.3, 0.4) is 0 Å². The number of hydrogen-bond acceptors (Lipinski definition) is 3. The quantitative estimate of drug-likeness (QED) is 0.321. The van der Waals surface area contributed by atoms with Gasteiger partial charge in [-0.15, -0.1) is 0 Å². The molecule has 0 bridgehead atoms. The Morgan fingerprint density at radius 2 is 1.62 bits per heavy atom. The first-order valence-electron chi connectivity index (χ1n) is 10.9.